The highest BCUT2D eigenvalue weighted by atomic mass is 19.1. The number of esters is 1. The lowest BCUT2D eigenvalue weighted by Crippen LogP contribution is -2.26. The Morgan fingerprint density at radius 3 is 2.54 bits per heavy atom. The largest absolute Gasteiger partial charge is 0.454 e. The molecule has 0 aliphatic heterocycles. The molecule has 144 valence electrons. The number of fused-ring (bicyclic) bond motifs is 1. The van der Waals surface area contributed by atoms with Crippen LogP contribution in [0.4, 0.5) is 4.39 Å². The zero-order valence-corrected chi connectivity index (χ0v) is 15.5. The summed E-state index contributed by atoms with van der Waals surface area (Å²) in [6.45, 7) is 1.47. The van der Waals surface area contributed by atoms with E-state index in [0.29, 0.717) is 16.7 Å². The Morgan fingerprint density at radius 1 is 1.14 bits per heavy atom. The first kappa shape index (κ1) is 19.4. The Bertz CT molecular complexity index is 1090. The van der Waals surface area contributed by atoms with Gasteiger partial charge in [-0.1, -0.05) is 12.1 Å². The molecular weight excluding hydrogens is 363 g/mol. The van der Waals surface area contributed by atoms with Gasteiger partial charge in [-0.25, -0.2) is 9.37 Å². The van der Waals surface area contributed by atoms with Gasteiger partial charge in [-0.2, -0.15) is 0 Å². The third-order valence-electron chi connectivity index (χ3n) is 4.43. The van der Waals surface area contributed by atoms with Crippen LogP contribution in [0.2, 0.25) is 0 Å². The fourth-order valence-electron chi connectivity index (χ4n) is 2.86. The highest BCUT2D eigenvalue weighted by molar-refractivity contribution is 6.00. The second-order valence-corrected chi connectivity index (χ2v) is 6.41. The number of halogens is 1. The van der Waals surface area contributed by atoms with Gasteiger partial charge < -0.3 is 4.74 Å². The van der Waals surface area contributed by atoms with Crippen molar-refractivity contribution in [1.29, 1.82) is 0 Å². The van der Waals surface area contributed by atoms with Crippen molar-refractivity contribution >= 4 is 22.7 Å². The van der Waals surface area contributed by atoms with Gasteiger partial charge in [-0.05, 0) is 43.3 Å². The monoisotopic (exact) mass is 382 g/mol. The molecule has 0 aliphatic carbocycles. The maximum absolute atomic E-state index is 13.0. The van der Waals surface area contributed by atoms with Crippen molar-refractivity contribution in [2.75, 3.05) is 0 Å². The number of aryl methyl sites for hydroxylation is 1. The molecule has 0 bridgehead atoms. The van der Waals surface area contributed by atoms with E-state index in [1.807, 2.05) is 0 Å². The second kappa shape index (κ2) is 8.12. The van der Waals surface area contributed by atoms with Gasteiger partial charge in [0.2, 0.25) is 5.78 Å². The van der Waals surface area contributed by atoms with Crippen LogP contribution in [-0.4, -0.2) is 27.4 Å². The molecule has 2 aromatic carbocycles. The van der Waals surface area contributed by atoms with E-state index < -0.39 is 23.7 Å². The first-order valence-corrected chi connectivity index (χ1v) is 8.80. The van der Waals surface area contributed by atoms with Crippen molar-refractivity contribution in [2.24, 2.45) is 7.05 Å². The number of aromatic nitrogens is 2. The number of rotatable bonds is 6. The smallest absolute Gasteiger partial charge is 0.306 e. The van der Waals surface area contributed by atoms with E-state index in [2.05, 4.69) is 4.98 Å². The maximum Gasteiger partial charge on any atom is 0.306 e. The van der Waals surface area contributed by atoms with Crippen LogP contribution < -0.4 is 5.56 Å². The van der Waals surface area contributed by atoms with E-state index >= 15 is 0 Å². The van der Waals surface area contributed by atoms with Gasteiger partial charge in [-0.15, -0.1) is 0 Å². The molecule has 1 heterocycles. The van der Waals surface area contributed by atoms with Crippen LogP contribution in [0.5, 0.6) is 0 Å². The van der Waals surface area contributed by atoms with Gasteiger partial charge >= 0.3 is 5.97 Å². The molecule has 3 rings (SSSR count). The second-order valence-electron chi connectivity index (χ2n) is 6.41. The topological polar surface area (TPSA) is 78.3 Å². The quantitative estimate of drug-likeness (QED) is 0.484. The Balaban J connectivity index is 1.65. The van der Waals surface area contributed by atoms with Gasteiger partial charge in [0.1, 0.15) is 11.6 Å². The van der Waals surface area contributed by atoms with Gasteiger partial charge in [0.15, 0.2) is 6.10 Å². The molecule has 0 aliphatic rings. The predicted molar refractivity (Wildman–Crippen MR) is 102 cm³/mol. The molecule has 28 heavy (non-hydrogen) atoms. The van der Waals surface area contributed by atoms with Crippen LogP contribution in [0.3, 0.4) is 0 Å². The first-order valence-electron chi connectivity index (χ1n) is 8.80. The Labute approximate surface area is 160 Å². The molecule has 0 fully saturated rings. The molecule has 0 saturated heterocycles. The van der Waals surface area contributed by atoms with Crippen molar-refractivity contribution in [3.63, 3.8) is 0 Å². The van der Waals surface area contributed by atoms with Crippen LogP contribution in [-0.2, 0) is 23.0 Å². The van der Waals surface area contributed by atoms with E-state index in [1.165, 1.54) is 35.8 Å². The lowest BCUT2D eigenvalue weighted by Gasteiger charge is -2.13. The summed E-state index contributed by atoms with van der Waals surface area (Å²) < 4.78 is 19.5. The van der Waals surface area contributed by atoms with Crippen molar-refractivity contribution in [1.82, 2.24) is 9.55 Å². The van der Waals surface area contributed by atoms with Crippen LogP contribution in [0.25, 0.3) is 10.9 Å². The summed E-state index contributed by atoms with van der Waals surface area (Å²) in [5, 5.41) is 0.509. The van der Waals surface area contributed by atoms with E-state index in [9.17, 15) is 18.8 Å². The average molecular weight is 382 g/mol. The SMILES string of the molecule is C[C@H](OC(=O)CCc1nc2ccccc2c(=O)n1C)C(=O)c1ccc(F)cc1. The Hall–Kier alpha value is -3.35. The van der Waals surface area contributed by atoms with Gasteiger partial charge in [0.25, 0.3) is 5.56 Å². The molecule has 0 amide bonds. The minimum atomic E-state index is -0.994. The highest BCUT2D eigenvalue weighted by Gasteiger charge is 2.20. The molecule has 3 aromatic rings. The summed E-state index contributed by atoms with van der Waals surface area (Å²) in [6.07, 6.45) is -0.821. The van der Waals surface area contributed by atoms with Crippen molar-refractivity contribution < 1.29 is 18.7 Å². The lowest BCUT2D eigenvalue weighted by atomic mass is 10.1. The molecule has 1 aromatic heterocycles. The third-order valence-corrected chi connectivity index (χ3v) is 4.43. The Kier molecular flexibility index (Phi) is 5.63. The van der Waals surface area contributed by atoms with Crippen LogP contribution >= 0.6 is 0 Å². The average Bonchev–Trinajstić information content (AvgIpc) is 2.69. The number of Topliss-reactive ketones (excluding diaryl/α,β-unsaturated/α-hetero) is 1. The normalized spacial score (nSPS) is 12.0. The lowest BCUT2D eigenvalue weighted by molar-refractivity contribution is -0.146. The number of ether oxygens (including phenoxy) is 1. The minimum Gasteiger partial charge on any atom is -0.454 e. The van der Waals surface area contributed by atoms with E-state index in [-0.39, 0.29) is 24.0 Å². The summed E-state index contributed by atoms with van der Waals surface area (Å²) >= 11 is 0. The number of carbonyl (C=O) groups excluding carboxylic acids is 2. The molecule has 0 radical (unpaired) electrons. The third kappa shape index (κ3) is 4.14. The van der Waals surface area contributed by atoms with Crippen LogP contribution in [0.15, 0.2) is 53.3 Å². The van der Waals surface area contributed by atoms with Crippen LogP contribution in [0, 0.1) is 5.82 Å². The molecule has 0 N–H and O–H groups in total. The summed E-state index contributed by atoms with van der Waals surface area (Å²) in [7, 11) is 1.60. The zero-order valence-electron chi connectivity index (χ0n) is 15.5. The number of benzene rings is 2. The van der Waals surface area contributed by atoms with E-state index in [0.717, 1.165) is 0 Å². The van der Waals surface area contributed by atoms with Crippen molar-refractivity contribution in [3.05, 3.63) is 76.1 Å². The minimum absolute atomic E-state index is 0.0281. The number of para-hydroxylation sites is 1. The summed E-state index contributed by atoms with van der Waals surface area (Å²) in [6, 6.07) is 12.0. The number of nitrogens with zero attached hydrogens (tertiary/aromatic N) is 2. The zero-order chi connectivity index (χ0) is 20.3. The number of hydrogen-bond acceptors (Lipinski definition) is 5. The van der Waals surface area contributed by atoms with Crippen molar-refractivity contribution in [2.45, 2.75) is 25.9 Å². The molecule has 6 nitrogen and oxygen atoms in total. The fourth-order valence-corrected chi connectivity index (χ4v) is 2.86. The predicted octanol–water partition coefficient (Wildman–Crippen LogP) is 2.82. The highest BCUT2D eigenvalue weighted by Crippen LogP contribution is 2.11. The first-order chi connectivity index (χ1) is 13.4. The number of hydrogen-bond donors (Lipinski definition) is 0. The summed E-state index contributed by atoms with van der Waals surface area (Å²) in [5.74, 6) is -0.984. The molecule has 0 spiro atoms. The van der Waals surface area contributed by atoms with Gasteiger partial charge in [0, 0.05) is 19.0 Å². The summed E-state index contributed by atoms with van der Waals surface area (Å²) in [5.41, 5.74) is 0.642. The maximum atomic E-state index is 13.0. The summed E-state index contributed by atoms with van der Waals surface area (Å²) in [4.78, 5) is 41.2. The standard InChI is InChI=1S/C21H19FN2O4/c1-13(20(26)14-7-9-15(22)10-8-14)28-19(25)12-11-18-23-17-6-4-3-5-16(17)21(27)24(18)2/h3-10,13H,11-12H2,1-2H3/t13-/m0/s1. The van der Waals surface area contributed by atoms with E-state index in [1.54, 1.807) is 31.3 Å². The molecule has 1 atom stereocenters. The number of ketones is 1. The van der Waals surface area contributed by atoms with Crippen molar-refractivity contribution in [3.8, 4) is 0 Å². The Morgan fingerprint density at radius 2 is 1.82 bits per heavy atom. The van der Waals surface area contributed by atoms with E-state index in [4.69, 9.17) is 4.74 Å². The molecule has 0 saturated carbocycles. The van der Waals surface area contributed by atoms with Gasteiger partial charge in [-0.3, -0.25) is 19.0 Å². The van der Waals surface area contributed by atoms with Gasteiger partial charge in [0.05, 0.1) is 17.3 Å². The molecular formula is C21H19FN2O4. The van der Waals surface area contributed by atoms with Crippen LogP contribution in [0.1, 0.15) is 29.5 Å². The fraction of sp³-hybridized carbons (Fsp3) is 0.238. The number of carbonyl (C=O) groups is 2. The molecule has 7 heteroatoms. The molecule has 0 unspecified atom stereocenters.